The van der Waals surface area contributed by atoms with Gasteiger partial charge in [-0.05, 0) is 92.7 Å². The van der Waals surface area contributed by atoms with Crippen molar-refractivity contribution in [1.82, 2.24) is 4.57 Å². The van der Waals surface area contributed by atoms with Crippen LogP contribution in [0.25, 0.3) is 88.4 Å². The summed E-state index contributed by atoms with van der Waals surface area (Å²) in [4.78, 5) is 0. The summed E-state index contributed by atoms with van der Waals surface area (Å²) in [5.41, 5.74) is 18.2. The number of benzene rings is 8. The van der Waals surface area contributed by atoms with Crippen LogP contribution in [-0.4, -0.2) is 10.7 Å². The summed E-state index contributed by atoms with van der Waals surface area (Å²) in [6.45, 7) is 14.0. The molecule has 2 aromatic heterocycles. The second-order valence-electron chi connectivity index (χ2n) is 20.1. The van der Waals surface area contributed by atoms with Gasteiger partial charge in [-0.3, -0.25) is 0 Å². The van der Waals surface area contributed by atoms with E-state index >= 15 is 0 Å². The lowest BCUT2D eigenvalue weighted by Crippen LogP contribution is -2.22. The number of hydrogen-bond donors (Lipinski definition) is 0. The molecule has 0 saturated carbocycles. The third-order valence-electron chi connectivity index (χ3n) is 13.9. The zero-order valence-electron chi connectivity index (χ0n) is 37.8. The molecule has 3 heteroatoms. The highest BCUT2D eigenvalue weighted by Gasteiger charge is 2.38. The van der Waals surface area contributed by atoms with Gasteiger partial charge in [0.15, 0.2) is 0 Å². The predicted octanol–water partition coefficient (Wildman–Crippen LogP) is 16.8. The number of furan rings is 1. The first-order valence-electron chi connectivity index (χ1n) is 23.0. The van der Waals surface area contributed by atoms with Gasteiger partial charge in [0, 0.05) is 61.0 Å². The zero-order valence-corrected chi connectivity index (χ0v) is 37.8. The van der Waals surface area contributed by atoms with E-state index in [1.165, 1.54) is 66.4 Å². The number of para-hydroxylation sites is 3. The molecule has 0 amide bonds. The van der Waals surface area contributed by atoms with E-state index in [2.05, 4.69) is 234 Å². The van der Waals surface area contributed by atoms with Gasteiger partial charge in [-0.2, -0.15) is 0 Å². The summed E-state index contributed by atoms with van der Waals surface area (Å²) >= 11 is 0. The van der Waals surface area contributed by atoms with Gasteiger partial charge in [0.05, 0.1) is 11.0 Å². The molecule has 0 spiro atoms. The molecule has 0 bridgehead atoms. The third-order valence-corrected chi connectivity index (χ3v) is 13.9. The van der Waals surface area contributed by atoms with E-state index in [1.807, 2.05) is 0 Å². The van der Waals surface area contributed by atoms with Crippen LogP contribution in [0.3, 0.4) is 0 Å². The molecule has 65 heavy (non-hydrogen) atoms. The van der Waals surface area contributed by atoms with Gasteiger partial charge in [0.25, 0.3) is 0 Å². The van der Waals surface area contributed by atoms with Crippen molar-refractivity contribution in [3.8, 4) is 44.8 Å². The summed E-state index contributed by atoms with van der Waals surface area (Å²) < 4.78 is 16.4. The highest BCUT2D eigenvalue weighted by molar-refractivity contribution is 6.19. The topological polar surface area (TPSA) is 27.3 Å². The highest BCUT2D eigenvalue weighted by atomic mass is 16.5. The lowest BCUT2D eigenvalue weighted by atomic mass is 9.80. The maximum atomic E-state index is 6.97. The minimum absolute atomic E-state index is 0.122. The van der Waals surface area contributed by atoms with Crippen molar-refractivity contribution in [2.45, 2.75) is 64.4 Å². The van der Waals surface area contributed by atoms with Gasteiger partial charge < -0.3 is 13.7 Å². The number of aromatic nitrogens is 1. The van der Waals surface area contributed by atoms with E-state index in [4.69, 9.17) is 9.15 Å². The molecule has 2 atom stereocenters. The maximum absolute atomic E-state index is 6.97. The van der Waals surface area contributed by atoms with Crippen LogP contribution in [0, 0.1) is 0 Å². The Morgan fingerprint density at radius 1 is 0.477 bits per heavy atom. The average molecular weight is 842 g/mol. The second-order valence-corrected chi connectivity index (χ2v) is 20.1. The van der Waals surface area contributed by atoms with Gasteiger partial charge in [-0.25, -0.2) is 0 Å². The van der Waals surface area contributed by atoms with Crippen molar-refractivity contribution in [3.63, 3.8) is 0 Å². The first-order valence-corrected chi connectivity index (χ1v) is 23.0. The van der Waals surface area contributed by atoms with Crippen molar-refractivity contribution in [1.29, 1.82) is 0 Å². The molecule has 0 radical (unpaired) electrons. The van der Waals surface area contributed by atoms with E-state index in [9.17, 15) is 0 Å². The van der Waals surface area contributed by atoms with Crippen LogP contribution in [0.2, 0.25) is 0 Å². The van der Waals surface area contributed by atoms with Crippen molar-refractivity contribution in [3.05, 3.63) is 210 Å². The quantitative estimate of drug-likeness (QED) is 0.173. The number of fused-ring (bicyclic) bond motifs is 9. The fourth-order valence-corrected chi connectivity index (χ4v) is 10.4. The van der Waals surface area contributed by atoms with Crippen LogP contribution in [0.4, 0.5) is 0 Å². The van der Waals surface area contributed by atoms with E-state index in [-0.39, 0.29) is 22.9 Å². The summed E-state index contributed by atoms with van der Waals surface area (Å²) in [7, 11) is 0. The van der Waals surface area contributed by atoms with Crippen molar-refractivity contribution in [2.75, 3.05) is 0 Å². The van der Waals surface area contributed by atoms with Crippen molar-refractivity contribution in [2.24, 2.45) is 0 Å². The fraction of sp³-hybridized carbons (Fsp3) is 0.161. The molecule has 1 aliphatic heterocycles. The Morgan fingerprint density at radius 3 is 1.74 bits per heavy atom. The van der Waals surface area contributed by atoms with Gasteiger partial charge in [-0.1, -0.05) is 181 Å². The Balaban J connectivity index is 1.16. The molecule has 3 heterocycles. The molecule has 12 rings (SSSR count). The van der Waals surface area contributed by atoms with Crippen molar-refractivity contribution < 1.29 is 9.15 Å². The molecule has 8 aromatic carbocycles. The Labute approximate surface area is 380 Å². The molecule has 0 N–H and O–H groups in total. The van der Waals surface area contributed by atoms with Crippen LogP contribution in [0.1, 0.15) is 69.7 Å². The number of nitrogens with zero attached hydrogens (tertiary/aromatic N) is 1. The molecule has 2 aliphatic rings. The van der Waals surface area contributed by atoms with Gasteiger partial charge in [0.1, 0.15) is 23.0 Å². The summed E-state index contributed by atoms with van der Waals surface area (Å²) in [5.74, 6) is 1.09. The van der Waals surface area contributed by atoms with Gasteiger partial charge >= 0.3 is 0 Å². The molecule has 3 nitrogen and oxygen atoms in total. The van der Waals surface area contributed by atoms with E-state index in [0.717, 1.165) is 50.0 Å². The molecule has 316 valence electrons. The van der Waals surface area contributed by atoms with Gasteiger partial charge in [-0.15, -0.1) is 0 Å². The molecule has 10 aromatic rings. The van der Waals surface area contributed by atoms with Crippen LogP contribution in [-0.2, 0) is 10.8 Å². The van der Waals surface area contributed by atoms with Crippen LogP contribution in [0.15, 0.2) is 193 Å². The molecule has 0 saturated heterocycles. The summed E-state index contributed by atoms with van der Waals surface area (Å²) in [5, 5.41) is 4.70. The van der Waals surface area contributed by atoms with Crippen LogP contribution in [0.5, 0.6) is 5.75 Å². The van der Waals surface area contributed by atoms with Crippen molar-refractivity contribution >= 4 is 49.3 Å². The SMILES string of the molecule is CC(C)(C)c1cc(C2=CC=CC3c4ccccc4OC23)c2c(c1)c1cc(C(C)(C)C)cc(-c3cccc4c3oc3ccccc34)c1n2-c1ccc(-c2ccc(-c3ccccc3)cc2)cc1. The highest BCUT2D eigenvalue weighted by Crippen LogP contribution is 2.51. The normalized spacial score (nSPS) is 16.0. The average Bonchev–Trinajstić information content (AvgIpc) is 4.01. The maximum Gasteiger partial charge on any atom is 0.143 e. The monoisotopic (exact) mass is 841 g/mol. The smallest absolute Gasteiger partial charge is 0.143 e. The molecular formula is C62H51NO2. The first kappa shape index (κ1) is 39.2. The Bertz CT molecular complexity index is 3570. The summed E-state index contributed by atoms with van der Waals surface area (Å²) in [6.07, 6.45) is 6.70. The van der Waals surface area contributed by atoms with Crippen LogP contribution < -0.4 is 4.74 Å². The van der Waals surface area contributed by atoms with Gasteiger partial charge in [0.2, 0.25) is 0 Å². The zero-order chi connectivity index (χ0) is 44.2. The Kier molecular flexibility index (Phi) is 8.81. The van der Waals surface area contributed by atoms with E-state index in [1.54, 1.807) is 0 Å². The van der Waals surface area contributed by atoms with E-state index in [0.29, 0.717) is 0 Å². The fourth-order valence-electron chi connectivity index (χ4n) is 10.4. The lowest BCUT2D eigenvalue weighted by molar-refractivity contribution is 0.278. The molecule has 2 unspecified atom stereocenters. The van der Waals surface area contributed by atoms with Crippen LogP contribution >= 0.6 is 0 Å². The number of hydrogen-bond acceptors (Lipinski definition) is 2. The minimum Gasteiger partial charge on any atom is -0.484 e. The number of ether oxygens (including phenoxy) is 1. The predicted molar refractivity (Wildman–Crippen MR) is 272 cm³/mol. The molecular weight excluding hydrogens is 791 g/mol. The lowest BCUT2D eigenvalue weighted by Gasteiger charge is -2.27. The number of allylic oxidation sites excluding steroid dienone is 2. The number of rotatable bonds is 5. The Hall–Kier alpha value is -7.36. The molecule has 0 fully saturated rings. The largest absolute Gasteiger partial charge is 0.484 e. The minimum atomic E-state index is -0.155. The van der Waals surface area contributed by atoms with E-state index < -0.39 is 0 Å². The molecule has 1 aliphatic carbocycles. The summed E-state index contributed by atoms with van der Waals surface area (Å²) in [6, 6.07) is 62.1. The Morgan fingerprint density at radius 2 is 1.05 bits per heavy atom. The second kappa shape index (κ2) is 14.6. The standard InChI is InChI=1S/C62H51NO2/c1-61(2,3)42-34-51(49-22-14-20-47-45-18-10-12-24-55(45)64-59(47)49)57-53(36-42)54-37-43(62(4,5)6)35-52(50-23-15-21-48-46-19-11-13-25-56(46)65-60(48)50)58(54)63(57)44-32-30-41(31-33-44)40-28-26-39(27-29-40)38-16-8-7-9-17-38/h7-37,47,59H,1-6H3. The first-order chi connectivity index (χ1) is 31.5. The third kappa shape index (κ3) is 6.39.